The van der Waals surface area contributed by atoms with Crippen molar-refractivity contribution in [3.05, 3.63) is 248 Å². The predicted molar refractivity (Wildman–Crippen MR) is 291 cm³/mol. The van der Waals surface area contributed by atoms with Crippen molar-refractivity contribution in [2.45, 2.75) is 13.8 Å². The van der Waals surface area contributed by atoms with Crippen LogP contribution in [0, 0.1) is 13.8 Å². The van der Waals surface area contributed by atoms with Gasteiger partial charge in [0.25, 0.3) is 0 Å². The number of hydrogen-bond acceptors (Lipinski definition) is 3. The summed E-state index contributed by atoms with van der Waals surface area (Å²) in [6.45, 7) is 4.27. The van der Waals surface area contributed by atoms with Gasteiger partial charge in [-0.3, -0.25) is 0 Å². The van der Waals surface area contributed by atoms with E-state index in [1.807, 2.05) is 36.4 Å². The Balaban J connectivity index is 1.14. The van der Waals surface area contributed by atoms with Crippen LogP contribution < -0.4 is 0 Å². The van der Waals surface area contributed by atoms with Crippen LogP contribution in [0.4, 0.5) is 0 Å². The molecule has 13 rings (SSSR count). The molecule has 10 aromatic carbocycles. The molecule has 0 aliphatic heterocycles. The minimum Gasteiger partial charge on any atom is -0.309 e. The highest BCUT2D eigenvalue weighted by molar-refractivity contribution is 6.15. The molecule has 0 saturated heterocycles. The number of rotatable bonds is 8. The second-order valence-electron chi connectivity index (χ2n) is 18.2. The van der Waals surface area contributed by atoms with Gasteiger partial charge in [0.05, 0.1) is 27.8 Å². The number of fused-ring (bicyclic) bond motifs is 6. The normalized spacial score (nSPS) is 11.6. The summed E-state index contributed by atoms with van der Waals surface area (Å²) in [4.78, 5) is 16.0. The number of aryl methyl sites for hydroxylation is 2. The van der Waals surface area contributed by atoms with Crippen LogP contribution in [-0.4, -0.2) is 24.1 Å². The molecule has 5 heteroatoms. The van der Waals surface area contributed by atoms with Crippen molar-refractivity contribution in [3.63, 3.8) is 0 Å². The zero-order valence-corrected chi connectivity index (χ0v) is 38.8. The Morgan fingerprint density at radius 3 is 1.34 bits per heavy atom. The van der Waals surface area contributed by atoms with E-state index in [1.165, 1.54) is 43.8 Å². The maximum absolute atomic E-state index is 5.43. The van der Waals surface area contributed by atoms with E-state index in [2.05, 4.69) is 223 Å². The molecule has 13 aromatic rings. The first-order chi connectivity index (χ1) is 34.5. The van der Waals surface area contributed by atoms with Gasteiger partial charge in [-0.2, -0.15) is 0 Å². The number of hydrogen-bond donors (Lipinski definition) is 0. The third kappa shape index (κ3) is 7.06. The van der Waals surface area contributed by atoms with Gasteiger partial charge in [0.2, 0.25) is 0 Å². The van der Waals surface area contributed by atoms with E-state index in [0.717, 1.165) is 72.4 Å². The zero-order valence-electron chi connectivity index (χ0n) is 38.8. The van der Waals surface area contributed by atoms with Crippen LogP contribution in [0.15, 0.2) is 237 Å². The average Bonchev–Trinajstić information content (AvgIpc) is 3.94. The quantitative estimate of drug-likeness (QED) is 0.153. The predicted octanol–water partition coefficient (Wildman–Crippen LogP) is 16.7. The third-order valence-electron chi connectivity index (χ3n) is 13.7. The van der Waals surface area contributed by atoms with E-state index in [0.29, 0.717) is 17.5 Å². The Kier molecular flexibility index (Phi) is 9.88. The SMILES string of the molecule is Cc1ccc(-c2ccc3c4ccc(-c5ccc(C)cc5)cc4n(-c4ccc(-c5cccc6c7ccccc7n(-c7ccccc7)c56)cc4-c4nc(-c5ccccc5)nc(-c5ccccc5)n4)c3c2)cc1. The van der Waals surface area contributed by atoms with Crippen LogP contribution in [-0.2, 0) is 0 Å². The molecular formula is C65H45N5. The molecule has 0 radical (unpaired) electrons. The molecule has 0 atom stereocenters. The van der Waals surface area contributed by atoms with Crippen LogP contribution in [0.2, 0.25) is 0 Å². The molecule has 0 aliphatic rings. The molecule has 0 saturated carbocycles. The van der Waals surface area contributed by atoms with Crippen LogP contribution in [0.25, 0.3) is 123 Å². The van der Waals surface area contributed by atoms with E-state index in [-0.39, 0.29) is 0 Å². The molecule has 0 spiro atoms. The summed E-state index contributed by atoms with van der Waals surface area (Å²) in [6, 6.07) is 84.8. The molecule has 0 bridgehead atoms. The Labute approximate surface area is 406 Å². The lowest BCUT2D eigenvalue weighted by Crippen LogP contribution is -2.04. The summed E-state index contributed by atoms with van der Waals surface area (Å²) >= 11 is 0. The molecule has 0 unspecified atom stereocenters. The molecule has 0 N–H and O–H groups in total. The fraction of sp³-hybridized carbons (Fsp3) is 0.0308. The van der Waals surface area contributed by atoms with Gasteiger partial charge in [0, 0.05) is 49.5 Å². The first-order valence-corrected chi connectivity index (χ1v) is 23.8. The Hall–Kier alpha value is -9.19. The van der Waals surface area contributed by atoms with E-state index in [9.17, 15) is 0 Å². The van der Waals surface area contributed by atoms with Crippen molar-refractivity contribution in [1.29, 1.82) is 0 Å². The molecular weight excluding hydrogens is 851 g/mol. The number of nitrogens with zero attached hydrogens (tertiary/aromatic N) is 5. The molecule has 330 valence electrons. The largest absolute Gasteiger partial charge is 0.309 e. The van der Waals surface area contributed by atoms with Crippen molar-refractivity contribution in [1.82, 2.24) is 24.1 Å². The molecule has 3 heterocycles. The van der Waals surface area contributed by atoms with Gasteiger partial charge in [-0.15, -0.1) is 0 Å². The Morgan fingerprint density at radius 1 is 0.286 bits per heavy atom. The molecule has 70 heavy (non-hydrogen) atoms. The van der Waals surface area contributed by atoms with Gasteiger partial charge in [0.15, 0.2) is 17.5 Å². The monoisotopic (exact) mass is 895 g/mol. The third-order valence-corrected chi connectivity index (χ3v) is 13.7. The van der Waals surface area contributed by atoms with Crippen LogP contribution >= 0.6 is 0 Å². The minimum atomic E-state index is 0.583. The second kappa shape index (κ2) is 16.8. The Bertz CT molecular complexity index is 3940. The Morgan fingerprint density at radius 2 is 0.757 bits per heavy atom. The van der Waals surface area contributed by atoms with E-state index in [1.54, 1.807) is 0 Å². The molecule has 5 nitrogen and oxygen atoms in total. The molecule has 0 aliphatic carbocycles. The highest BCUT2D eigenvalue weighted by Gasteiger charge is 2.23. The topological polar surface area (TPSA) is 48.5 Å². The lowest BCUT2D eigenvalue weighted by atomic mass is 9.98. The number of benzene rings is 10. The zero-order chi connectivity index (χ0) is 46.7. The van der Waals surface area contributed by atoms with E-state index in [4.69, 9.17) is 15.0 Å². The van der Waals surface area contributed by atoms with Crippen LogP contribution in [0.1, 0.15) is 11.1 Å². The standard InChI is InChI=1S/C65H45N5/c1-42-25-29-44(30-26-42)48-33-36-54-55-37-34-49(45-31-27-43(2)28-32-45)41-61(55)70(60(54)40-48)59-38-35-50(52-22-14-23-56-53-21-12-13-24-58(53)69(62(52)56)51-19-10-5-11-20-51)39-57(59)65-67-63(46-15-6-3-7-16-46)66-64(68-65)47-17-8-4-9-18-47/h3-41H,1-2H3. The van der Waals surface area contributed by atoms with Gasteiger partial charge < -0.3 is 9.13 Å². The lowest BCUT2D eigenvalue weighted by molar-refractivity contribution is 1.06. The number of aromatic nitrogens is 5. The highest BCUT2D eigenvalue weighted by atomic mass is 15.1. The number of para-hydroxylation sites is 3. The van der Waals surface area contributed by atoms with E-state index >= 15 is 0 Å². The lowest BCUT2D eigenvalue weighted by Gasteiger charge is -2.18. The molecule has 0 fully saturated rings. The fourth-order valence-corrected chi connectivity index (χ4v) is 10.2. The summed E-state index contributed by atoms with van der Waals surface area (Å²) in [5.74, 6) is 1.80. The summed E-state index contributed by atoms with van der Waals surface area (Å²) in [5.41, 5.74) is 18.5. The van der Waals surface area contributed by atoms with Gasteiger partial charge in [-0.25, -0.2) is 15.0 Å². The second-order valence-corrected chi connectivity index (χ2v) is 18.2. The van der Waals surface area contributed by atoms with Crippen LogP contribution in [0.5, 0.6) is 0 Å². The van der Waals surface area contributed by atoms with Crippen molar-refractivity contribution in [3.8, 4) is 78.9 Å². The van der Waals surface area contributed by atoms with Crippen molar-refractivity contribution >= 4 is 43.6 Å². The molecule has 0 amide bonds. The van der Waals surface area contributed by atoms with Gasteiger partial charge in [-0.05, 0) is 84.1 Å². The summed E-state index contributed by atoms with van der Waals surface area (Å²) in [5, 5.41) is 4.73. The maximum atomic E-state index is 5.43. The summed E-state index contributed by atoms with van der Waals surface area (Å²) in [6.07, 6.45) is 0. The maximum Gasteiger partial charge on any atom is 0.166 e. The summed E-state index contributed by atoms with van der Waals surface area (Å²) in [7, 11) is 0. The van der Waals surface area contributed by atoms with E-state index < -0.39 is 0 Å². The highest BCUT2D eigenvalue weighted by Crippen LogP contribution is 2.43. The molecule has 3 aromatic heterocycles. The van der Waals surface area contributed by atoms with Crippen molar-refractivity contribution < 1.29 is 0 Å². The smallest absolute Gasteiger partial charge is 0.166 e. The first kappa shape index (κ1) is 41.0. The fourth-order valence-electron chi connectivity index (χ4n) is 10.2. The van der Waals surface area contributed by atoms with Crippen molar-refractivity contribution in [2.24, 2.45) is 0 Å². The summed E-state index contributed by atoms with van der Waals surface area (Å²) < 4.78 is 4.85. The van der Waals surface area contributed by atoms with Gasteiger partial charge in [0.1, 0.15) is 0 Å². The van der Waals surface area contributed by atoms with Crippen LogP contribution in [0.3, 0.4) is 0 Å². The average molecular weight is 896 g/mol. The van der Waals surface area contributed by atoms with Crippen molar-refractivity contribution in [2.75, 3.05) is 0 Å². The van der Waals surface area contributed by atoms with Gasteiger partial charge in [-0.1, -0.05) is 205 Å². The minimum absolute atomic E-state index is 0.583. The van der Waals surface area contributed by atoms with Gasteiger partial charge >= 0.3 is 0 Å². The first-order valence-electron chi connectivity index (χ1n) is 23.8.